The Hall–Kier alpha value is -3.40. The first-order chi connectivity index (χ1) is 15.6. The van der Waals surface area contributed by atoms with Crippen LogP contribution in [0.5, 0.6) is 0 Å². The molecule has 2 aliphatic heterocycles. The second-order valence-electron chi connectivity index (χ2n) is 7.69. The molecule has 1 unspecified atom stereocenters. The molecule has 2 N–H and O–H groups in total. The largest absolute Gasteiger partial charge is 0.461 e. The fraction of sp³-hybridized carbons (Fsp3) is 0.333. The zero-order chi connectivity index (χ0) is 22.1. The predicted molar refractivity (Wildman–Crippen MR) is 115 cm³/mol. The fourth-order valence-electron chi connectivity index (χ4n) is 3.95. The van der Waals surface area contributed by atoms with Gasteiger partial charge in [0, 0.05) is 43.0 Å². The molecule has 0 radical (unpaired) electrons. The van der Waals surface area contributed by atoms with E-state index in [1.165, 1.54) is 6.26 Å². The van der Waals surface area contributed by atoms with Gasteiger partial charge >= 0.3 is 0 Å². The lowest BCUT2D eigenvalue weighted by atomic mass is 9.98. The number of piperidine rings is 1. The predicted octanol–water partition coefficient (Wildman–Crippen LogP) is 3.31. The van der Waals surface area contributed by atoms with Gasteiger partial charge in [0.15, 0.2) is 17.5 Å². The molecule has 166 valence electrons. The number of pyridine rings is 1. The van der Waals surface area contributed by atoms with Crippen LogP contribution in [-0.2, 0) is 14.3 Å². The van der Waals surface area contributed by atoms with Crippen molar-refractivity contribution in [3.63, 3.8) is 0 Å². The first kappa shape index (κ1) is 20.5. The number of likely N-dealkylation sites (tertiary alicyclic amines) is 1. The third-order valence-electron chi connectivity index (χ3n) is 5.53. The molecular formula is C21H20ClFN6O3. The zero-order valence-electron chi connectivity index (χ0n) is 17.0. The second-order valence-corrected chi connectivity index (χ2v) is 8.13. The number of halogens is 2. The number of rotatable bonds is 5. The van der Waals surface area contributed by atoms with Gasteiger partial charge in [-0.3, -0.25) is 4.79 Å². The lowest BCUT2D eigenvalue weighted by molar-refractivity contribution is -0.132. The van der Waals surface area contributed by atoms with Gasteiger partial charge in [-0.2, -0.15) is 0 Å². The van der Waals surface area contributed by atoms with Crippen LogP contribution in [0, 0.1) is 11.7 Å². The number of anilines is 1. The van der Waals surface area contributed by atoms with E-state index in [9.17, 15) is 9.18 Å². The monoisotopic (exact) mass is 458 g/mol. The van der Waals surface area contributed by atoms with E-state index < -0.39 is 5.82 Å². The minimum absolute atomic E-state index is 0.0634. The number of ether oxygens (including phenoxy) is 2. The van der Waals surface area contributed by atoms with Gasteiger partial charge in [-0.05, 0) is 24.8 Å². The van der Waals surface area contributed by atoms with Crippen LogP contribution in [0.2, 0.25) is 5.02 Å². The van der Waals surface area contributed by atoms with Gasteiger partial charge in [-0.25, -0.2) is 19.3 Å². The van der Waals surface area contributed by atoms with Gasteiger partial charge < -0.3 is 24.7 Å². The number of fused-ring (bicyclic) bond motifs is 1. The maximum atomic E-state index is 14.4. The van der Waals surface area contributed by atoms with Crippen molar-refractivity contribution in [1.82, 2.24) is 24.8 Å². The van der Waals surface area contributed by atoms with E-state index in [4.69, 9.17) is 21.1 Å². The zero-order valence-corrected chi connectivity index (χ0v) is 17.7. The first-order valence-corrected chi connectivity index (χ1v) is 10.6. The third-order valence-corrected chi connectivity index (χ3v) is 5.74. The molecule has 0 aliphatic carbocycles. The van der Waals surface area contributed by atoms with Gasteiger partial charge in [0.05, 0.1) is 11.2 Å². The minimum Gasteiger partial charge on any atom is -0.461 e. The van der Waals surface area contributed by atoms with Gasteiger partial charge in [-0.15, -0.1) is 0 Å². The normalized spacial score (nSPS) is 18.2. The van der Waals surface area contributed by atoms with Crippen molar-refractivity contribution in [3.05, 3.63) is 47.5 Å². The molecule has 9 nitrogen and oxygen atoms in total. The molecule has 0 aromatic carbocycles. The maximum Gasteiger partial charge on any atom is 0.292 e. The molecule has 5 heterocycles. The van der Waals surface area contributed by atoms with E-state index >= 15 is 0 Å². The molecule has 1 fully saturated rings. The van der Waals surface area contributed by atoms with Crippen molar-refractivity contribution in [1.29, 1.82) is 0 Å². The Morgan fingerprint density at radius 2 is 2.28 bits per heavy atom. The Balaban J connectivity index is 1.29. The van der Waals surface area contributed by atoms with E-state index in [1.54, 1.807) is 23.4 Å². The number of carbonyl (C=O) groups excluding carboxylic acids is 1. The van der Waals surface area contributed by atoms with Crippen LogP contribution in [0.1, 0.15) is 12.8 Å². The van der Waals surface area contributed by atoms with Crippen LogP contribution in [0.15, 0.2) is 36.7 Å². The van der Waals surface area contributed by atoms with Crippen LogP contribution in [0.25, 0.3) is 22.4 Å². The van der Waals surface area contributed by atoms with Crippen molar-refractivity contribution in [2.24, 2.45) is 5.92 Å². The van der Waals surface area contributed by atoms with Crippen molar-refractivity contribution < 1.29 is 18.7 Å². The molecule has 1 amide bonds. The van der Waals surface area contributed by atoms with Crippen LogP contribution < -0.4 is 5.32 Å². The molecule has 0 bridgehead atoms. The average molecular weight is 459 g/mol. The molecule has 0 spiro atoms. The van der Waals surface area contributed by atoms with Crippen molar-refractivity contribution in [2.75, 3.05) is 31.7 Å². The summed E-state index contributed by atoms with van der Waals surface area (Å²) in [6.07, 6.45) is 7.52. The smallest absolute Gasteiger partial charge is 0.292 e. The molecule has 3 aromatic rings. The Morgan fingerprint density at radius 3 is 3.12 bits per heavy atom. The fourth-order valence-corrected chi connectivity index (χ4v) is 4.11. The SMILES string of the molecule is O=C(C1=COCO1)N1CCCC(CNc2nc(-c3c[nH]c4ncc(Cl)cc34)ncc2F)C1. The van der Waals surface area contributed by atoms with E-state index in [2.05, 4.69) is 25.3 Å². The van der Waals surface area contributed by atoms with Crippen molar-refractivity contribution in [3.8, 4) is 11.4 Å². The summed E-state index contributed by atoms with van der Waals surface area (Å²) in [7, 11) is 0. The number of hydrogen-bond acceptors (Lipinski definition) is 7. The molecular weight excluding hydrogens is 439 g/mol. The van der Waals surface area contributed by atoms with E-state index in [-0.39, 0.29) is 30.2 Å². The van der Waals surface area contributed by atoms with E-state index in [0.717, 1.165) is 24.4 Å². The number of nitrogens with one attached hydrogen (secondary N) is 2. The lowest BCUT2D eigenvalue weighted by Crippen LogP contribution is -2.42. The Bertz CT molecular complexity index is 1200. The summed E-state index contributed by atoms with van der Waals surface area (Å²) in [6, 6.07) is 1.76. The quantitative estimate of drug-likeness (QED) is 0.604. The highest BCUT2D eigenvalue weighted by molar-refractivity contribution is 6.31. The molecule has 11 heteroatoms. The molecule has 0 saturated carbocycles. The maximum absolute atomic E-state index is 14.4. The highest BCUT2D eigenvalue weighted by Gasteiger charge is 2.28. The summed E-state index contributed by atoms with van der Waals surface area (Å²) in [5.74, 6) is 0.0976. The summed E-state index contributed by atoms with van der Waals surface area (Å²) in [6.45, 7) is 1.72. The Morgan fingerprint density at radius 1 is 1.38 bits per heavy atom. The standard InChI is InChI=1S/C21H20ClFN6O3/c22-13-4-14-15(7-26-18(14)25-6-13)19-27-8-16(23)20(28-19)24-5-12-2-1-3-29(9-12)21(30)17-10-31-11-32-17/h4,6-8,10,12H,1-3,5,9,11H2,(H,25,26)(H,24,27,28). The van der Waals surface area contributed by atoms with Gasteiger partial charge in [0.2, 0.25) is 12.6 Å². The van der Waals surface area contributed by atoms with Crippen LogP contribution in [0.3, 0.4) is 0 Å². The highest BCUT2D eigenvalue weighted by Crippen LogP contribution is 2.28. The molecule has 1 saturated heterocycles. The summed E-state index contributed by atoms with van der Waals surface area (Å²) < 4.78 is 24.6. The highest BCUT2D eigenvalue weighted by atomic mass is 35.5. The Labute approximate surface area is 187 Å². The molecule has 3 aromatic heterocycles. The number of amides is 1. The number of hydrogen-bond donors (Lipinski definition) is 2. The number of nitrogens with zero attached hydrogens (tertiary/aromatic N) is 4. The number of aromatic amines is 1. The summed E-state index contributed by atoms with van der Waals surface area (Å²) in [5, 5.41) is 4.33. The van der Waals surface area contributed by atoms with Gasteiger partial charge in [-0.1, -0.05) is 11.6 Å². The van der Waals surface area contributed by atoms with Crippen molar-refractivity contribution in [2.45, 2.75) is 12.8 Å². The van der Waals surface area contributed by atoms with E-state index in [0.29, 0.717) is 41.7 Å². The molecule has 1 atom stereocenters. The average Bonchev–Trinajstić information content (AvgIpc) is 3.48. The summed E-state index contributed by atoms with van der Waals surface area (Å²) in [4.78, 5) is 30.0. The molecule has 5 rings (SSSR count). The summed E-state index contributed by atoms with van der Waals surface area (Å²) in [5.41, 5.74) is 1.32. The minimum atomic E-state index is -0.546. The summed E-state index contributed by atoms with van der Waals surface area (Å²) >= 11 is 6.07. The number of carbonyl (C=O) groups is 1. The van der Waals surface area contributed by atoms with Crippen molar-refractivity contribution >= 4 is 34.4 Å². The second kappa shape index (κ2) is 8.62. The third kappa shape index (κ3) is 4.05. The molecule has 32 heavy (non-hydrogen) atoms. The van der Waals surface area contributed by atoms with Gasteiger partial charge in [0.1, 0.15) is 11.9 Å². The molecule has 2 aliphatic rings. The van der Waals surface area contributed by atoms with Crippen LogP contribution >= 0.6 is 11.6 Å². The number of H-pyrrole nitrogens is 1. The van der Waals surface area contributed by atoms with Crippen LogP contribution in [-0.4, -0.2) is 57.2 Å². The van der Waals surface area contributed by atoms with Crippen LogP contribution in [0.4, 0.5) is 10.2 Å². The lowest BCUT2D eigenvalue weighted by Gasteiger charge is -2.32. The topological polar surface area (TPSA) is 105 Å². The van der Waals surface area contributed by atoms with Gasteiger partial charge in [0.25, 0.3) is 5.91 Å². The van der Waals surface area contributed by atoms with E-state index in [1.807, 2.05) is 0 Å². The Kier molecular flexibility index (Phi) is 5.52. The first-order valence-electron chi connectivity index (χ1n) is 10.2. The number of aromatic nitrogens is 4.